The fourth-order valence-electron chi connectivity index (χ4n) is 1.32. The van der Waals surface area contributed by atoms with Crippen molar-refractivity contribution >= 4 is 22.5 Å². The van der Waals surface area contributed by atoms with Gasteiger partial charge in [-0.2, -0.15) is 5.10 Å². The summed E-state index contributed by atoms with van der Waals surface area (Å²) in [5.41, 5.74) is 6.98. The molecule has 1 aromatic carbocycles. The van der Waals surface area contributed by atoms with Crippen LogP contribution >= 0.6 is 0 Å². The third kappa shape index (κ3) is 1.82. The number of carbonyl (C=O) groups is 1. The SMILES string of the molecule is C[C@@H](N)C(=O)Nc1cccc2cn[nH]c12. The standard InChI is InChI=1S/C10H12N4O/c1-6(11)10(15)13-8-4-2-3-7-5-12-14-9(7)8/h2-6H,11H2,1H3,(H,12,14)(H,13,15)/t6-/m1/s1. The molecule has 5 nitrogen and oxygen atoms in total. The molecule has 1 amide bonds. The normalized spacial score (nSPS) is 12.7. The van der Waals surface area contributed by atoms with Crippen LogP contribution in [0.5, 0.6) is 0 Å². The Bertz CT molecular complexity index is 489. The lowest BCUT2D eigenvalue weighted by Gasteiger charge is -2.07. The summed E-state index contributed by atoms with van der Waals surface area (Å²) in [5, 5.41) is 10.4. The number of rotatable bonds is 2. The third-order valence-electron chi connectivity index (χ3n) is 2.15. The van der Waals surface area contributed by atoms with E-state index < -0.39 is 6.04 Å². The Morgan fingerprint density at radius 2 is 2.40 bits per heavy atom. The minimum Gasteiger partial charge on any atom is -0.323 e. The van der Waals surface area contributed by atoms with Gasteiger partial charge in [0.05, 0.1) is 23.4 Å². The van der Waals surface area contributed by atoms with Crippen LogP contribution in [0.1, 0.15) is 6.92 Å². The molecule has 0 unspecified atom stereocenters. The Kier molecular flexibility index (Phi) is 2.39. The van der Waals surface area contributed by atoms with E-state index in [2.05, 4.69) is 15.5 Å². The highest BCUT2D eigenvalue weighted by molar-refractivity contribution is 6.01. The second-order valence-electron chi connectivity index (χ2n) is 3.42. The molecule has 0 saturated carbocycles. The first-order chi connectivity index (χ1) is 7.18. The highest BCUT2D eigenvalue weighted by Crippen LogP contribution is 2.20. The van der Waals surface area contributed by atoms with Crippen LogP contribution in [-0.2, 0) is 4.79 Å². The Morgan fingerprint density at radius 3 is 3.13 bits per heavy atom. The zero-order valence-corrected chi connectivity index (χ0v) is 8.32. The summed E-state index contributed by atoms with van der Waals surface area (Å²) in [6, 6.07) is 5.05. The number of carbonyl (C=O) groups excluding carboxylic acids is 1. The topological polar surface area (TPSA) is 83.8 Å². The monoisotopic (exact) mass is 204 g/mol. The van der Waals surface area contributed by atoms with Gasteiger partial charge in [0.1, 0.15) is 0 Å². The van der Waals surface area contributed by atoms with Crippen molar-refractivity contribution < 1.29 is 4.79 Å². The number of hydrogen-bond acceptors (Lipinski definition) is 3. The summed E-state index contributed by atoms with van der Waals surface area (Å²) in [7, 11) is 0. The van der Waals surface area contributed by atoms with Gasteiger partial charge in [-0.3, -0.25) is 9.89 Å². The number of anilines is 1. The number of nitrogens with one attached hydrogen (secondary N) is 2. The van der Waals surface area contributed by atoms with E-state index >= 15 is 0 Å². The maximum atomic E-state index is 11.4. The van der Waals surface area contributed by atoms with Crippen LogP contribution in [0.25, 0.3) is 10.9 Å². The highest BCUT2D eigenvalue weighted by Gasteiger charge is 2.09. The number of amides is 1. The quantitative estimate of drug-likeness (QED) is 0.678. The van der Waals surface area contributed by atoms with Crippen molar-refractivity contribution in [1.29, 1.82) is 0 Å². The third-order valence-corrected chi connectivity index (χ3v) is 2.15. The van der Waals surface area contributed by atoms with E-state index in [0.717, 1.165) is 10.9 Å². The average Bonchev–Trinajstić information content (AvgIpc) is 2.66. The number of fused-ring (bicyclic) bond motifs is 1. The number of para-hydroxylation sites is 1. The van der Waals surface area contributed by atoms with Gasteiger partial charge in [-0.05, 0) is 13.0 Å². The van der Waals surface area contributed by atoms with E-state index in [0.29, 0.717) is 5.69 Å². The lowest BCUT2D eigenvalue weighted by atomic mass is 10.2. The molecule has 0 radical (unpaired) electrons. The molecular formula is C10H12N4O. The summed E-state index contributed by atoms with van der Waals surface area (Å²) < 4.78 is 0. The fourth-order valence-corrected chi connectivity index (χ4v) is 1.32. The molecule has 0 spiro atoms. The Labute approximate surface area is 86.7 Å². The Hall–Kier alpha value is -1.88. The van der Waals surface area contributed by atoms with Gasteiger partial charge in [-0.1, -0.05) is 12.1 Å². The smallest absolute Gasteiger partial charge is 0.241 e. The van der Waals surface area contributed by atoms with Gasteiger partial charge in [0.25, 0.3) is 0 Å². The predicted molar refractivity (Wildman–Crippen MR) is 58.4 cm³/mol. The molecule has 2 aromatic rings. The van der Waals surface area contributed by atoms with Crippen molar-refractivity contribution in [2.24, 2.45) is 5.73 Å². The largest absolute Gasteiger partial charge is 0.323 e. The summed E-state index contributed by atoms with van der Waals surface area (Å²) >= 11 is 0. The molecular weight excluding hydrogens is 192 g/mol. The van der Waals surface area contributed by atoms with Gasteiger partial charge in [-0.25, -0.2) is 0 Å². The maximum absolute atomic E-state index is 11.4. The van der Waals surface area contributed by atoms with Crippen LogP contribution < -0.4 is 11.1 Å². The predicted octanol–water partition coefficient (Wildman–Crippen LogP) is 0.849. The van der Waals surface area contributed by atoms with Crippen molar-refractivity contribution in [2.75, 3.05) is 5.32 Å². The first-order valence-electron chi connectivity index (χ1n) is 4.67. The number of hydrogen-bond donors (Lipinski definition) is 3. The molecule has 78 valence electrons. The first kappa shape index (κ1) is 9.67. The molecule has 1 heterocycles. The molecule has 4 N–H and O–H groups in total. The second kappa shape index (κ2) is 3.70. The number of benzene rings is 1. The van der Waals surface area contributed by atoms with Crippen LogP contribution in [-0.4, -0.2) is 22.1 Å². The van der Waals surface area contributed by atoms with Crippen LogP contribution in [0.3, 0.4) is 0 Å². The Balaban J connectivity index is 2.35. The molecule has 2 rings (SSSR count). The number of nitrogens with two attached hydrogens (primary N) is 1. The average molecular weight is 204 g/mol. The lowest BCUT2D eigenvalue weighted by molar-refractivity contribution is -0.117. The van der Waals surface area contributed by atoms with Crippen molar-refractivity contribution in [3.8, 4) is 0 Å². The summed E-state index contributed by atoms with van der Waals surface area (Å²) in [6.07, 6.45) is 1.71. The molecule has 0 aliphatic heterocycles. The molecule has 0 aliphatic rings. The molecule has 15 heavy (non-hydrogen) atoms. The van der Waals surface area contributed by atoms with E-state index in [1.54, 1.807) is 19.2 Å². The molecule has 1 atom stereocenters. The zero-order chi connectivity index (χ0) is 10.8. The molecule has 5 heteroatoms. The summed E-state index contributed by atoms with van der Waals surface area (Å²) in [6.45, 7) is 1.64. The Morgan fingerprint density at radius 1 is 1.60 bits per heavy atom. The van der Waals surface area contributed by atoms with Gasteiger partial charge in [0, 0.05) is 5.39 Å². The van der Waals surface area contributed by atoms with E-state index in [1.165, 1.54) is 0 Å². The zero-order valence-electron chi connectivity index (χ0n) is 8.32. The van der Waals surface area contributed by atoms with Crippen molar-refractivity contribution in [3.05, 3.63) is 24.4 Å². The van der Waals surface area contributed by atoms with Gasteiger partial charge in [0.15, 0.2) is 0 Å². The van der Waals surface area contributed by atoms with Crippen LogP contribution in [0.4, 0.5) is 5.69 Å². The van der Waals surface area contributed by atoms with Gasteiger partial charge in [-0.15, -0.1) is 0 Å². The lowest BCUT2D eigenvalue weighted by Crippen LogP contribution is -2.32. The number of aromatic nitrogens is 2. The van der Waals surface area contributed by atoms with Crippen molar-refractivity contribution in [2.45, 2.75) is 13.0 Å². The minimum atomic E-state index is -0.525. The van der Waals surface area contributed by atoms with E-state index in [1.807, 2.05) is 12.1 Å². The highest BCUT2D eigenvalue weighted by atomic mass is 16.2. The van der Waals surface area contributed by atoms with Crippen LogP contribution in [0, 0.1) is 0 Å². The van der Waals surface area contributed by atoms with Gasteiger partial charge < -0.3 is 11.1 Å². The molecule has 0 fully saturated rings. The molecule has 0 aliphatic carbocycles. The van der Waals surface area contributed by atoms with Crippen molar-refractivity contribution in [3.63, 3.8) is 0 Å². The number of H-pyrrole nitrogens is 1. The second-order valence-corrected chi connectivity index (χ2v) is 3.42. The first-order valence-corrected chi connectivity index (χ1v) is 4.67. The number of nitrogens with zero attached hydrogens (tertiary/aromatic N) is 1. The molecule has 1 aromatic heterocycles. The number of aromatic amines is 1. The minimum absolute atomic E-state index is 0.211. The van der Waals surface area contributed by atoms with Gasteiger partial charge >= 0.3 is 0 Å². The van der Waals surface area contributed by atoms with E-state index in [4.69, 9.17) is 5.73 Å². The summed E-state index contributed by atoms with van der Waals surface area (Å²) in [5.74, 6) is -0.211. The summed E-state index contributed by atoms with van der Waals surface area (Å²) in [4.78, 5) is 11.4. The van der Waals surface area contributed by atoms with Crippen LogP contribution in [0.15, 0.2) is 24.4 Å². The van der Waals surface area contributed by atoms with E-state index in [9.17, 15) is 4.79 Å². The van der Waals surface area contributed by atoms with E-state index in [-0.39, 0.29) is 5.91 Å². The fraction of sp³-hybridized carbons (Fsp3) is 0.200. The molecule has 0 saturated heterocycles. The van der Waals surface area contributed by atoms with Gasteiger partial charge in [0.2, 0.25) is 5.91 Å². The van der Waals surface area contributed by atoms with Crippen molar-refractivity contribution in [1.82, 2.24) is 10.2 Å². The van der Waals surface area contributed by atoms with Crippen LogP contribution in [0.2, 0.25) is 0 Å². The molecule has 0 bridgehead atoms. The maximum Gasteiger partial charge on any atom is 0.241 e.